The van der Waals surface area contributed by atoms with E-state index in [0.717, 1.165) is 4.90 Å². The van der Waals surface area contributed by atoms with Crippen molar-refractivity contribution in [1.82, 2.24) is 14.7 Å². The van der Waals surface area contributed by atoms with Gasteiger partial charge in [0.25, 0.3) is 17.7 Å². The van der Waals surface area contributed by atoms with Gasteiger partial charge in [-0.05, 0) is 35.8 Å². The first kappa shape index (κ1) is 40.7. The van der Waals surface area contributed by atoms with Crippen LogP contribution >= 0.6 is 0 Å². The van der Waals surface area contributed by atoms with Gasteiger partial charge in [0.05, 0.1) is 0 Å². The summed E-state index contributed by atoms with van der Waals surface area (Å²) in [5.41, 5.74) is 1.40. The molecule has 0 aromatic heterocycles. The smallest absolute Gasteiger partial charge is 0.329 e. The van der Waals surface area contributed by atoms with Gasteiger partial charge in [-0.3, -0.25) is 14.4 Å². The second kappa shape index (κ2) is 18.0. The third kappa shape index (κ3) is 10.2. The van der Waals surface area contributed by atoms with Crippen LogP contribution in [0.2, 0.25) is 0 Å². The number of carbonyl (C=O) groups is 6. The van der Waals surface area contributed by atoms with Crippen LogP contribution in [-0.2, 0) is 55.8 Å². The Hall–Kier alpha value is -4.74. The van der Waals surface area contributed by atoms with Crippen LogP contribution in [0.1, 0.15) is 59.6 Å². The molecule has 1 heterocycles. The second-order valence-electron chi connectivity index (χ2n) is 14.2. The number of ether oxygens (including phenoxy) is 3. The summed E-state index contributed by atoms with van der Waals surface area (Å²) in [5, 5.41) is 0. The van der Waals surface area contributed by atoms with Crippen molar-refractivity contribution in [1.29, 1.82) is 0 Å². The number of carbonyl (C=O) groups excluding carboxylic acids is 6. The van der Waals surface area contributed by atoms with Crippen molar-refractivity contribution >= 4 is 35.6 Å². The first-order valence-electron chi connectivity index (χ1n) is 17.4. The van der Waals surface area contributed by atoms with Gasteiger partial charge in [0.2, 0.25) is 0 Å². The fraction of sp³-hybridized carbons (Fsp3) is 0.538. The highest BCUT2D eigenvalue weighted by Crippen LogP contribution is 2.23. The molecule has 1 saturated heterocycles. The molecule has 12 nitrogen and oxygen atoms in total. The van der Waals surface area contributed by atoms with Gasteiger partial charge >= 0.3 is 17.9 Å². The Morgan fingerprint density at radius 1 is 0.490 bits per heavy atom. The molecule has 6 atom stereocenters. The van der Waals surface area contributed by atoms with Crippen LogP contribution in [0.4, 0.5) is 0 Å². The molecule has 0 saturated carbocycles. The lowest BCUT2D eigenvalue weighted by Gasteiger charge is -2.37. The summed E-state index contributed by atoms with van der Waals surface area (Å²) in [6.45, 7) is 11.8. The number of hydrogen-bond donors (Lipinski definition) is 0. The Kier molecular flexibility index (Phi) is 14.3. The number of hydrogen-bond acceptors (Lipinski definition) is 9. The molecule has 3 rings (SSSR count). The van der Waals surface area contributed by atoms with Crippen LogP contribution in [0.15, 0.2) is 60.7 Å². The number of likely N-dealkylation sites (N-methyl/N-ethyl adjacent to an activating group) is 3. The Bertz CT molecular complexity index is 1480. The molecule has 1 aliphatic heterocycles. The average Bonchev–Trinajstić information content (AvgIpc) is 3.06. The highest BCUT2D eigenvalue weighted by atomic mass is 16.6. The van der Waals surface area contributed by atoms with Crippen molar-refractivity contribution in [2.75, 3.05) is 21.1 Å². The summed E-state index contributed by atoms with van der Waals surface area (Å²) in [6.07, 6.45) is -4.11. The van der Waals surface area contributed by atoms with Crippen molar-refractivity contribution in [3.8, 4) is 0 Å². The molecule has 12 heteroatoms. The van der Waals surface area contributed by atoms with Gasteiger partial charge in [-0.1, -0.05) is 102 Å². The average molecular weight is 708 g/mol. The molecular formula is C39H53N3O9. The monoisotopic (exact) mass is 707 g/mol. The molecule has 51 heavy (non-hydrogen) atoms. The lowest BCUT2D eigenvalue weighted by molar-refractivity contribution is -0.178. The van der Waals surface area contributed by atoms with Crippen LogP contribution < -0.4 is 0 Å². The van der Waals surface area contributed by atoms with Crippen LogP contribution in [0.3, 0.4) is 0 Å². The maximum Gasteiger partial charge on any atom is 0.329 e. The van der Waals surface area contributed by atoms with E-state index in [4.69, 9.17) is 14.2 Å². The van der Waals surface area contributed by atoms with E-state index in [0.29, 0.717) is 11.1 Å². The lowest BCUT2D eigenvalue weighted by Crippen LogP contribution is -2.56. The molecule has 0 spiro atoms. The van der Waals surface area contributed by atoms with E-state index in [1.54, 1.807) is 90.1 Å². The predicted octanol–water partition coefficient (Wildman–Crippen LogP) is 3.69. The zero-order valence-corrected chi connectivity index (χ0v) is 31.4. The first-order valence-corrected chi connectivity index (χ1v) is 17.4. The largest absolute Gasteiger partial charge is 0.451 e. The van der Waals surface area contributed by atoms with E-state index in [-0.39, 0.29) is 12.8 Å². The minimum atomic E-state index is -1.38. The topological polar surface area (TPSA) is 140 Å². The Morgan fingerprint density at radius 2 is 0.784 bits per heavy atom. The quantitative estimate of drug-likeness (QED) is 0.312. The minimum absolute atomic E-state index is 0.0113. The summed E-state index contributed by atoms with van der Waals surface area (Å²) in [7, 11) is 4.26. The zero-order chi connectivity index (χ0) is 38.2. The van der Waals surface area contributed by atoms with E-state index in [2.05, 4.69) is 0 Å². The van der Waals surface area contributed by atoms with Gasteiger partial charge in [0.1, 0.15) is 18.1 Å². The van der Waals surface area contributed by atoms with Crippen molar-refractivity contribution in [2.45, 2.75) is 97.7 Å². The summed E-state index contributed by atoms with van der Waals surface area (Å²) >= 11 is 0. The van der Waals surface area contributed by atoms with Crippen molar-refractivity contribution in [3.05, 3.63) is 71.8 Å². The maximum absolute atomic E-state index is 14.3. The minimum Gasteiger partial charge on any atom is -0.451 e. The number of cyclic esters (lactones) is 3. The number of nitrogens with zero attached hydrogens (tertiary/aromatic N) is 3. The predicted molar refractivity (Wildman–Crippen MR) is 190 cm³/mol. The fourth-order valence-corrected chi connectivity index (χ4v) is 6.51. The van der Waals surface area contributed by atoms with E-state index in [9.17, 15) is 28.8 Å². The van der Waals surface area contributed by atoms with Crippen LogP contribution in [0.5, 0.6) is 0 Å². The summed E-state index contributed by atoms with van der Waals surface area (Å²) in [4.78, 5) is 87.4. The highest BCUT2D eigenvalue weighted by Gasteiger charge is 2.43. The zero-order valence-electron chi connectivity index (χ0n) is 31.4. The molecule has 0 aliphatic carbocycles. The van der Waals surface area contributed by atoms with E-state index >= 15 is 0 Å². The summed E-state index contributed by atoms with van der Waals surface area (Å²) < 4.78 is 17.5. The van der Waals surface area contributed by atoms with E-state index < -0.39 is 89.8 Å². The second-order valence-corrected chi connectivity index (χ2v) is 14.2. The van der Waals surface area contributed by atoms with Crippen LogP contribution in [0, 0.1) is 17.8 Å². The SMILES string of the molecule is CC1OC(=O)C(C(C)C)N(C)C(=O)C(Cc2ccccc2)OC(=O)C(C(C)C)N(C)C(=O)C(Cc2ccccc2)OC(=O)C(C(C)C)N(C)C1=O. The van der Waals surface area contributed by atoms with Crippen LogP contribution in [0.25, 0.3) is 0 Å². The van der Waals surface area contributed by atoms with Gasteiger partial charge in [0, 0.05) is 34.0 Å². The summed E-state index contributed by atoms with van der Waals surface area (Å²) in [6, 6.07) is 14.4. The number of esters is 3. The van der Waals surface area contributed by atoms with Crippen molar-refractivity contribution in [2.24, 2.45) is 17.8 Å². The first-order chi connectivity index (χ1) is 24.0. The van der Waals surface area contributed by atoms with Crippen molar-refractivity contribution < 1.29 is 43.0 Å². The molecule has 1 fully saturated rings. The van der Waals surface area contributed by atoms with Gasteiger partial charge in [-0.2, -0.15) is 0 Å². The third-order valence-corrected chi connectivity index (χ3v) is 9.15. The standard InChI is InChI=1S/C39H53N3O9/c1-23(2)31-37(46)49-26(7)34(43)40(8)32(24(3)4)38(47)50-30(22-28-19-15-12-16-20-28)36(45)42(10)33(25(5)6)39(48)51-29(35(44)41(31)9)21-27-17-13-11-14-18-27/h11-20,23-26,29-33H,21-22H2,1-10H3. The number of benzene rings is 2. The molecular weight excluding hydrogens is 654 g/mol. The maximum atomic E-state index is 14.3. The molecule has 278 valence electrons. The molecule has 0 N–H and O–H groups in total. The molecule has 1 aliphatic rings. The Morgan fingerprint density at radius 3 is 1.10 bits per heavy atom. The van der Waals surface area contributed by atoms with Crippen LogP contribution in [-0.4, -0.2) is 108 Å². The Balaban J connectivity index is 2.18. The van der Waals surface area contributed by atoms with Crippen molar-refractivity contribution in [3.63, 3.8) is 0 Å². The molecule has 6 unspecified atom stereocenters. The lowest BCUT2D eigenvalue weighted by atomic mass is 9.99. The molecule has 3 amide bonds. The molecule has 0 radical (unpaired) electrons. The van der Waals surface area contributed by atoms with Gasteiger partial charge < -0.3 is 28.9 Å². The highest BCUT2D eigenvalue weighted by molar-refractivity contribution is 5.94. The third-order valence-electron chi connectivity index (χ3n) is 9.15. The van der Waals surface area contributed by atoms with Gasteiger partial charge in [-0.15, -0.1) is 0 Å². The van der Waals surface area contributed by atoms with Gasteiger partial charge in [-0.25, -0.2) is 14.4 Å². The van der Waals surface area contributed by atoms with E-state index in [1.807, 2.05) is 12.1 Å². The Labute approximate surface area is 301 Å². The fourth-order valence-electron chi connectivity index (χ4n) is 6.51. The molecule has 2 aromatic carbocycles. The van der Waals surface area contributed by atoms with E-state index in [1.165, 1.54) is 37.9 Å². The van der Waals surface area contributed by atoms with Gasteiger partial charge in [0.15, 0.2) is 18.3 Å². The molecule has 0 bridgehead atoms. The molecule has 2 aromatic rings. The normalized spacial score (nSPS) is 25.2. The number of amides is 3. The number of rotatable bonds is 7. The summed E-state index contributed by atoms with van der Waals surface area (Å²) in [5.74, 6) is -5.90.